The van der Waals surface area contributed by atoms with E-state index in [0.29, 0.717) is 12.0 Å². The second kappa shape index (κ2) is 7.67. The summed E-state index contributed by atoms with van der Waals surface area (Å²) in [6.45, 7) is 1.80. The van der Waals surface area contributed by atoms with Gasteiger partial charge in [0.05, 0.1) is 12.5 Å². The lowest BCUT2D eigenvalue weighted by molar-refractivity contribution is -0.274. The van der Waals surface area contributed by atoms with Gasteiger partial charge >= 0.3 is 12.3 Å². The number of carboxylic acid groups (broad SMARTS) is 1. The molecule has 1 rings (SSSR count). The second-order valence-corrected chi connectivity index (χ2v) is 4.58. The van der Waals surface area contributed by atoms with E-state index < -0.39 is 24.1 Å². The van der Waals surface area contributed by atoms with Crippen LogP contribution in [0.1, 0.15) is 37.8 Å². The molecule has 0 saturated carbocycles. The van der Waals surface area contributed by atoms with E-state index in [-0.39, 0.29) is 18.7 Å². The van der Waals surface area contributed by atoms with Crippen molar-refractivity contribution < 1.29 is 32.6 Å². The molecule has 0 aliphatic heterocycles. The largest absolute Gasteiger partial charge is 0.573 e. The predicted octanol–water partition coefficient (Wildman–Crippen LogP) is 3.02. The molecule has 0 heterocycles. The highest BCUT2D eigenvalue weighted by molar-refractivity contribution is 5.77. The molecule has 22 heavy (non-hydrogen) atoms. The minimum absolute atomic E-state index is 0.241. The predicted molar refractivity (Wildman–Crippen MR) is 71.2 cm³/mol. The molecule has 1 aromatic carbocycles. The maximum absolute atomic E-state index is 12.1. The van der Waals surface area contributed by atoms with Crippen LogP contribution in [0.2, 0.25) is 0 Å². The van der Waals surface area contributed by atoms with Crippen LogP contribution in [-0.2, 0) is 9.59 Å². The summed E-state index contributed by atoms with van der Waals surface area (Å²) in [6.07, 6.45) is -4.32. The summed E-state index contributed by atoms with van der Waals surface area (Å²) >= 11 is 0. The minimum atomic E-state index is -4.79. The Morgan fingerprint density at radius 3 is 2.32 bits per heavy atom. The number of carbonyl (C=O) groups excluding carboxylic acids is 1. The number of ether oxygens (including phenoxy) is 1. The third-order valence-electron chi connectivity index (χ3n) is 2.71. The van der Waals surface area contributed by atoms with Crippen LogP contribution in [0.15, 0.2) is 24.3 Å². The average Bonchev–Trinajstić information content (AvgIpc) is 2.36. The number of hydrogen-bond donors (Lipinski definition) is 2. The molecule has 0 aromatic heterocycles. The Morgan fingerprint density at radius 2 is 1.86 bits per heavy atom. The summed E-state index contributed by atoms with van der Waals surface area (Å²) in [5.74, 6) is -1.85. The number of alkyl halides is 3. The molecule has 1 amide bonds. The van der Waals surface area contributed by atoms with Crippen LogP contribution in [-0.4, -0.2) is 23.3 Å². The van der Waals surface area contributed by atoms with Crippen LogP contribution in [0.5, 0.6) is 5.75 Å². The number of benzene rings is 1. The lowest BCUT2D eigenvalue weighted by atomic mass is 10.0. The normalized spacial score (nSPS) is 12.5. The van der Waals surface area contributed by atoms with Gasteiger partial charge in [-0.3, -0.25) is 9.59 Å². The van der Waals surface area contributed by atoms with Gasteiger partial charge in [-0.2, -0.15) is 0 Å². The Hall–Kier alpha value is -2.25. The Labute approximate surface area is 125 Å². The standard InChI is InChI=1S/C14H16F3NO4/c1-2-3-12(19)18-11(8-13(20)21)9-4-6-10(7-5-9)22-14(15,16)17/h4-7,11H,2-3,8H2,1H3,(H,18,19)(H,20,21). The van der Waals surface area contributed by atoms with E-state index in [0.717, 1.165) is 12.1 Å². The molecule has 0 radical (unpaired) electrons. The third-order valence-corrected chi connectivity index (χ3v) is 2.71. The Morgan fingerprint density at radius 1 is 1.27 bits per heavy atom. The number of amides is 1. The van der Waals surface area contributed by atoms with E-state index in [1.807, 2.05) is 0 Å². The monoisotopic (exact) mass is 319 g/mol. The second-order valence-electron chi connectivity index (χ2n) is 4.58. The zero-order valence-corrected chi connectivity index (χ0v) is 11.8. The molecule has 1 atom stereocenters. The van der Waals surface area contributed by atoms with Crippen LogP contribution >= 0.6 is 0 Å². The van der Waals surface area contributed by atoms with Crippen LogP contribution in [0.3, 0.4) is 0 Å². The summed E-state index contributed by atoms with van der Waals surface area (Å²) < 4.78 is 40.0. The maximum Gasteiger partial charge on any atom is 0.573 e. The first-order valence-electron chi connectivity index (χ1n) is 6.58. The lowest BCUT2D eigenvalue weighted by Gasteiger charge is -2.18. The van der Waals surface area contributed by atoms with Gasteiger partial charge in [-0.1, -0.05) is 19.1 Å². The van der Waals surface area contributed by atoms with Crippen LogP contribution in [0.4, 0.5) is 13.2 Å². The van der Waals surface area contributed by atoms with Gasteiger partial charge in [-0.05, 0) is 24.1 Å². The summed E-state index contributed by atoms with van der Waals surface area (Å²) in [6, 6.07) is 3.92. The van der Waals surface area contributed by atoms with Crippen molar-refractivity contribution >= 4 is 11.9 Å². The first kappa shape index (κ1) is 17.8. The summed E-state index contributed by atoms with van der Waals surface area (Å²) in [5.41, 5.74) is 0.390. The maximum atomic E-state index is 12.1. The van der Waals surface area contributed by atoms with Crippen molar-refractivity contribution in [3.05, 3.63) is 29.8 Å². The first-order valence-corrected chi connectivity index (χ1v) is 6.58. The summed E-state index contributed by atoms with van der Waals surface area (Å²) in [7, 11) is 0. The molecule has 0 bridgehead atoms. The van der Waals surface area contributed by atoms with Crippen molar-refractivity contribution in [1.82, 2.24) is 5.32 Å². The van der Waals surface area contributed by atoms with E-state index in [4.69, 9.17) is 5.11 Å². The van der Waals surface area contributed by atoms with Gasteiger partial charge in [0.25, 0.3) is 0 Å². The zero-order chi connectivity index (χ0) is 16.8. The first-order chi connectivity index (χ1) is 10.2. The van der Waals surface area contributed by atoms with Crippen LogP contribution < -0.4 is 10.1 Å². The number of hydrogen-bond acceptors (Lipinski definition) is 3. The fraction of sp³-hybridized carbons (Fsp3) is 0.429. The lowest BCUT2D eigenvalue weighted by Crippen LogP contribution is -2.29. The third kappa shape index (κ3) is 6.47. The number of carbonyl (C=O) groups is 2. The van der Waals surface area contributed by atoms with Gasteiger partial charge < -0.3 is 15.2 Å². The fourth-order valence-electron chi connectivity index (χ4n) is 1.82. The van der Waals surface area contributed by atoms with E-state index in [1.165, 1.54) is 12.1 Å². The van der Waals surface area contributed by atoms with E-state index >= 15 is 0 Å². The molecule has 5 nitrogen and oxygen atoms in total. The van der Waals surface area contributed by atoms with Crippen molar-refractivity contribution in [3.63, 3.8) is 0 Å². The molecule has 0 aliphatic carbocycles. The molecule has 0 fully saturated rings. The SMILES string of the molecule is CCCC(=O)NC(CC(=O)O)c1ccc(OC(F)(F)F)cc1. The molecular weight excluding hydrogens is 303 g/mol. The van der Waals surface area contributed by atoms with E-state index in [2.05, 4.69) is 10.1 Å². The fourth-order valence-corrected chi connectivity index (χ4v) is 1.82. The van der Waals surface area contributed by atoms with Crippen molar-refractivity contribution in [1.29, 1.82) is 0 Å². The average molecular weight is 319 g/mol. The topological polar surface area (TPSA) is 75.6 Å². The Balaban J connectivity index is 2.85. The molecule has 1 unspecified atom stereocenters. The van der Waals surface area contributed by atoms with Gasteiger partial charge in [0.1, 0.15) is 5.75 Å². The number of nitrogens with one attached hydrogen (secondary N) is 1. The quantitative estimate of drug-likeness (QED) is 0.810. The highest BCUT2D eigenvalue weighted by Gasteiger charge is 2.31. The van der Waals surface area contributed by atoms with Crippen molar-refractivity contribution in [2.75, 3.05) is 0 Å². The smallest absolute Gasteiger partial charge is 0.481 e. The number of aliphatic carboxylic acids is 1. The molecule has 0 aliphatic rings. The molecule has 1 aromatic rings. The molecule has 8 heteroatoms. The van der Waals surface area contributed by atoms with E-state index in [9.17, 15) is 22.8 Å². The Kier molecular flexibility index (Phi) is 6.21. The number of carboxylic acids is 1. The van der Waals surface area contributed by atoms with Gasteiger partial charge in [-0.15, -0.1) is 13.2 Å². The highest BCUT2D eigenvalue weighted by Crippen LogP contribution is 2.25. The molecule has 0 spiro atoms. The van der Waals surface area contributed by atoms with Crippen LogP contribution in [0, 0.1) is 0 Å². The van der Waals surface area contributed by atoms with Gasteiger partial charge in [-0.25, -0.2) is 0 Å². The van der Waals surface area contributed by atoms with Gasteiger partial charge in [0, 0.05) is 6.42 Å². The van der Waals surface area contributed by atoms with Crippen molar-refractivity contribution in [2.45, 2.75) is 38.6 Å². The minimum Gasteiger partial charge on any atom is -0.481 e. The van der Waals surface area contributed by atoms with Gasteiger partial charge in [0.2, 0.25) is 5.91 Å². The molecule has 2 N–H and O–H groups in total. The number of halogens is 3. The summed E-state index contributed by atoms with van der Waals surface area (Å²) in [4.78, 5) is 22.4. The highest BCUT2D eigenvalue weighted by atomic mass is 19.4. The summed E-state index contributed by atoms with van der Waals surface area (Å²) in [5, 5.41) is 11.4. The Bertz CT molecular complexity index is 514. The van der Waals surface area contributed by atoms with Crippen LogP contribution in [0.25, 0.3) is 0 Å². The molecule has 122 valence electrons. The van der Waals surface area contributed by atoms with E-state index in [1.54, 1.807) is 6.92 Å². The molecular formula is C14H16F3NO4. The zero-order valence-electron chi connectivity index (χ0n) is 11.8. The van der Waals surface area contributed by atoms with Gasteiger partial charge in [0.15, 0.2) is 0 Å². The molecule has 0 saturated heterocycles. The number of rotatable bonds is 7. The van der Waals surface area contributed by atoms with Crippen molar-refractivity contribution in [2.24, 2.45) is 0 Å². The van der Waals surface area contributed by atoms with Crippen molar-refractivity contribution in [3.8, 4) is 5.75 Å².